The number of aliphatic imine (C=N–C) groups is 1. The van der Waals surface area contributed by atoms with Crippen LogP contribution in [0.15, 0.2) is 4.99 Å². The molecule has 0 radical (unpaired) electrons. The molecule has 0 aromatic heterocycles. The van der Waals surface area contributed by atoms with Crippen molar-refractivity contribution < 1.29 is 4.79 Å². The van der Waals surface area contributed by atoms with Crippen LogP contribution in [0.3, 0.4) is 0 Å². The summed E-state index contributed by atoms with van der Waals surface area (Å²) in [5.74, 6) is 2.66. The standard InChI is InChI=1S/C12H20N2O/c1-7(2)10-12(15)14-11(13-10)9-5-4-8(3)6-9/h7-10H,4-6H2,1-3H3,(H,13,14,15). The Kier molecular flexibility index (Phi) is 2.81. The van der Waals surface area contributed by atoms with Crippen LogP contribution in [0.2, 0.25) is 0 Å². The third-order valence-electron chi connectivity index (χ3n) is 3.51. The number of nitrogens with one attached hydrogen (secondary N) is 1. The number of nitrogens with zero attached hydrogens (tertiary/aromatic N) is 1. The van der Waals surface area contributed by atoms with E-state index in [4.69, 9.17) is 0 Å². The summed E-state index contributed by atoms with van der Waals surface area (Å²) in [5, 5.41) is 2.96. The van der Waals surface area contributed by atoms with Gasteiger partial charge in [-0.05, 0) is 31.1 Å². The van der Waals surface area contributed by atoms with Crippen LogP contribution in [-0.4, -0.2) is 17.8 Å². The zero-order chi connectivity index (χ0) is 11.0. The molecule has 1 fully saturated rings. The fourth-order valence-corrected chi connectivity index (χ4v) is 2.56. The number of rotatable bonds is 2. The number of hydrogen-bond donors (Lipinski definition) is 1. The van der Waals surface area contributed by atoms with Gasteiger partial charge in [-0.3, -0.25) is 9.79 Å². The molecule has 3 unspecified atom stereocenters. The van der Waals surface area contributed by atoms with E-state index in [1.165, 1.54) is 19.3 Å². The molecule has 1 saturated carbocycles. The third kappa shape index (κ3) is 2.06. The molecule has 1 aliphatic heterocycles. The fraction of sp³-hybridized carbons (Fsp3) is 0.833. The van der Waals surface area contributed by atoms with E-state index in [1.807, 2.05) is 13.8 Å². The first-order valence-electron chi connectivity index (χ1n) is 5.96. The van der Waals surface area contributed by atoms with Crippen LogP contribution < -0.4 is 5.32 Å². The molecule has 2 rings (SSSR count). The first kappa shape index (κ1) is 10.7. The molecule has 84 valence electrons. The maximum absolute atomic E-state index is 11.6. The summed E-state index contributed by atoms with van der Waals surface area (Å²) in [7, 11) is 0. The Labute approximate surface area is 91.3 Å². The second-order valence-corrected chi connectivity index (χ2v) is 5.31. The lowest BCUT2D eigenvalue weighted by Crippen LogP contribution is -2.33. The lowest BCUT2D eigenvalue weighted by atomic mass is 10.1. The molecule has 1 amide bonds. The molecule has 3 heteroatoms. The zero-order valence-electron chi connectivity index (χ0n) is 9.79. The Morgan fingerprint density at radius 1 is 1.40 bits per heavy atom. The van der Waals surface area contributed by atoms with E-state index in [0.717, 1.165) is 11.8 Å². The SMILES string of the molecule is CC1CCC(C2=NC(C(C)C)C(=O)N2)C1. The molecule has 2 aliphatic rings. The Balaban J connectivity index is 2.05. The minimum atomic E-state index is -0.143. The summed E-state index contributed by atoms with van der Waals surface area (Å²) >= 11 is 0. The van der Waals surface area contributed by atoms with Gasteiger partial charge in [0.2, 0.25) is 5.91 Å². The van der Waals surface area contributed by atoms with E-state index in [0.29, 0.717) is 11.8 Å². The topological polar surface area (TPSA) is 41.5 Å². The van der Waals surface area contributed by atoms with E-state index in [1.54, 1.807) is 0 Å². The number of carbonyl (C=O) groups excluding carboxylic acids is 1. The smallest absolute Gasteiger partial charge is 0.250 e. The van der Waals surface area contributed by atoms with Crippen molar-refractivity contribution >= 4 is 11.7 Å². The first-order chi connectivity index (χ1) is 7.08. The van der Waals surface area contributed by atoms with Gasteiger partial charge in [0.05, 0.1) is 0 Å². The van der Waals surface area contributed by atoms with Crippen LogP contribution in [-0.2, 0) is 4.79 Å². The fourth-order valence-electron chi connectivity index (χ4n) is 2.56. The van der Waals surface area contributed by atoms with Gasteiger partial charge in [0.25, 0.3) is 0 Å². The minimum absolute atomic E-state index is 0.0968. The van der Waals surface area contributed by atoms with Crippen molar-refractivity contribution in [1.29, 1.82) is 0 Å². The van der Waals surface area contributed by atoms with Gasteiger partial charge in [-0.15, -0.1) is 0 Å². The van der Waals surface area contributed by atoms with Gasteiger partial charge in [0, 0.05) is 5.92 Å². The molecule has 0 saturated heterocycles. The molecular weight excluding hydrogens is 188 g/mol. The van der Waals surface area contributed by atoms with Crippen LogP contribution >= 0.6 is 0 Å². The Bertz CT molecular complexity index is 296. The lowest BCUT2D eigenvalue weighted by molar-refractivity contribution is -0.120. The van der Waals surface area contributed by atoms with Gasteiger partial charge in [0.15, 0.2) is 0 Å². The average molecular weight is 208 g/mol. The molecule has 0 aromatic carbocycles. The number of carbonyl (C=O) groups is 1. The largest absolute Gasteiger partial charge is 0.312 e. The van der Waals surface area contributed by atoms with Gasteiger partial charge >= 0.3 is 0 Å². The molecule has 15 heavy (non-hydrogen) atoms. The van der Waals surface area contributed by atoms with Crippen LogP contribution in [0.5, 0.6) is 0 Å². The third-order valence-corrected chi connectivity index (χ3v) is 3.51. The van der Waals surface area contributed by atoms with Crippen molar-refractivity contribution in [3.63, 3.8) is 0 Å². The molecule has 3 atom stereocenters. The highest BCUT2D eigenvalue weighted by atomic mass is 16.2. The van der Waals surface area contributed by atoms with E-state index in [-0.39, 0.29) is 11.9 Å². The Morgan fingerprint density at radius 3 is 2.60 bits per heavy atom. The Hall–Kier alpha value is -0.860. The van der Waals surface area contributed by atoms with E-state index in [2.05, 4.69) is 17.2 Å². The summed E-state index contributed by atoms with van der Waals surface area (Å²) < 4.78 is 0. The minimum Gasteiger partial charge on any atom is -0.312 e. The van der Waals surface area contributed by atoms with Crippen molar-refractivity contribution in [2.75, 3.05) is 0 Å². The summed E-state index contributed by atoms with van der Waals surface area (Å²) in [5.41, 5.74) is 0. The van der Waals surface area contributed by atoms with Crippen LogP contribution in [0.1, 0.15) is 40.0 Å². The quantitative estimate of drug-likeness (QED) is 0.740. The molecule has 0 bridgehead atoms. The number of amidine groups is 1. The van der Waals surface area contributed by atoms with Gasteiger partial charge < -0.3 is 5.32 Å². The number of hydrogen-bond acceptors (Lipinski definition) is 2. The van der Waals surface area contributed by atoms with Gasteiger partial charge in [-0.25, -0.2) is 0 Å². The van der Waals surface area contributed by atoms with Crippen molar-refractivity contribution in [2.45, 2.75) is 46.1 Å². The zero-order valence-corrected chi connectivity index (χ0v) is 9.79. The van der Waals surface area contributed by atoms with E-state index in [9.17, 15) is 4.79 Å². The second-order valence-electron chi connectivity index (χ2n) is 5.31. The molecule has 3 nitrogen and oxygen atoms in total. The molecule has 0 spiro atoms. The highest BCUT2D eigenvalue weighted by molar-refractivity contribution is 6.06. The molecular formula is C12H20N2O. The highest BCUT2D eigenvalue weighted by Crippen LogP contribution is 2.32. The highest BCUT2D eigenvalue weighted by Gasteiger charge is 2.34. The van der Waals surface area contributed by atoms with Gasteiger partial charge in [-0.1, -0.05) is 20.8 Å². The molecule has 0 aromatic rings. The van der Waals surface area contributed by atoms with Crippen LogP contribution in [0, 0.1) is 17.8 Å². The van der Waals surface area contributed by atoms with Gasteiger partial charge in [0.1, 0.15) is 11.9 Å². The van der Waals surface area contributed by atoms with Crippen molar-refractivity contribution in [3.8, 4) is 0 Å². The molecule has 1 N–H and O–H groups in total. The second kappa shape index (κ2) is 3.95. The van der Waals surface area contributed by atoms with Crippen molar-refractivity contribution in [2.24, 2.45) is 22.7 Å². The predicted octanol–water partition coefficient (Wildman–Crippen LogP) is 1.98. The van der Waals surface area contributed by atoms with Crippen LogP contribution in [0.4, 0.5) is 0 Å². The summed E-state index contributed by atoms with van der Waals surface area (Å²) in [6.45, 7) is 6.37. The van der Waals surface area contributed by atoms with E-state index >= 15 is 0 Å². The average Bonchev–Trinajstić information content (AvgIpc) is 2.71. The van der Waals surface area contributed by atoms with Crippen molar-refractivity contribution in [1.82, 2.24) is 5.32 Å². The Morgan fingerprint density at radius 2 is 2.13 bits per heavy atom. The van der Waals surface area contributed by atoms with Crippen molar-refractivity contribution in [3.05, 3.63) is 0 Å². The number of amides is 1. The lowest BCUT2D eigenvalue weighted by Gasteiger charge is -2.08. The predicted molar refractivity (Wildman–Crippen MR) is 60.7 cm³/mol. The summed E-state index contributed by atoms with van der Waals surface area (Å²) in [6, 6.07) is -0.143. The maximum Gasteiger partial charge on any atom is 0.250 e. The summed E-state index contributed by atoms with van der Waals surface area (Å²) in [6.07, 6.45) is 3.64. The van der Waals surface area contributed by atoms with Crippen LogP contribution in [0.25, 0.3) is 0 Å². The van der Waals surface area contributed by atoms with Gasteiger partial charge in [-0.2, -0.15) is 0 Å². The summed E-state index contributed by atoms with van der Waals surface area (Å²) in [4.78, 5) is 16.2. The first-order valence-corrected chi connectivity index (χ1v) is 5.96. The molecule has 1 aliphatic carbocycles. The maximum atomic E-state index is 11.6. The molecule has 1 heterocycles. The van der Waals surface area contributed by atoms with E-state index < -0.39 is 0 Å². The monoisotopic (exact) mass is 208 g/mol. The normalized spacial score (nSPS) is 35.9.